The van der Waals surface area contributed by atoms with Gasteiger partial charge in [-0.2, -0.15) is 0 Å². The maximum atomic E-state index is 10.2. The van der Waals surface area contributed by atoms with E-state index in [9.17, 15) is 5.11 Å². The van der Waals surface area contributed by atoms with Gasteiger partial charge in [0.15, 0.2) is 0 Å². The van der Waals surface area contributed by atoms with Crippen molar-refractivity contribution in [3.8, 4) is 0 Å². The molecule has 1 fully saturated rings. The summed E-state index contributed by atoms with van der Waals surface area (Å²) in [6.07, 6.45) is 7.04. The van der Waals surface area contributed by atoms with Crippen molar-refractivity contribution in [3.05, 3.63) is 35.9 Å². The van der Waals surface area contributed by atoms with Crippen molar-refractivity contribution in [2.75, 3.05) is 0 Å². The summed E-state index contributed by atoms with van der Waals surface area (Å²) in [7, 11) is 0. The average Bonchev–Trinajstić information content (AvgIpc) is 2.40. The molecule has 1 aliphatic rings. The van der Waals surface area contributed by atoms with E-state index in [1.807, 2.05) is 30.3 Å². The van der Waals surface area contributed by atoms with Gasteiger partial charge in [0.05, 0.1) is 6.10 Å². The minimum Gasteiger partial charge on any atom is -0.387 e. The first-order valence-electron chi connectivity index (χ1n) is 6.76. The molecule has 2 nitrogen and oxygen atoms in total. The number of aliphatic hydroxyl groups is 1. The van der Waals surface area contributed by atoms with Gasteiger partial charge >= 0.3 is 0 Å². The second-order valence-corrected chi connectivity index (χ2v) is 5.26. The molecule has 1 aromatic carbocycles. The Morgan fingerprint density at radius 3 is 2.41 bits per heavy atom. The third kappa shape index (κ3) is 3.55. The second kappa shape index (κ2) is 6.18. The summed E-state index contributed by atoms with van der Waals surface area (Å²) >= 11 is 0. The highest BCUT2D eigenvalue weighted by molar-refractivity contribution is 5.18. The summed E-state index contributed by atoms with van der Waals surface area (Å²) in [5, 5.41) is 10.2. The number of hydrogen-bond donors (Lipinski definition) is 2. The molecule has 0 heterocycles. The summed E-state index contributed by atoms with van der Waals surface area (Å²) in [6, 6.07) is 9.64. The number of aliphatic hydroxyl groups excluding tert-OH is 1. The molecule has 0 radical (unpaired) electrons. The predicted molar refractivity (Wildman–Crippen MR) is 70.6 cm³/mol. The molecule has 0 saturated heterocycles. The van der Waals surface area contributed by atoms with Crippen LogP contribution in [-0.2, 0) is 0 Å². The van der Waals surface area contributed by atoms with Crippen LogP contribution in [0.15, 0.2) is 30.3 Å². The molecule has 17 heavy (non-hydrogen) atoms. The predicted octanol–water partition coefficient (Wildman–Crippen LogP) is 3.02. The minimum atomic E-state index is -0.516. The Hall–Kier alpha value is -0.860. The first-order valence-corrected chi connectivity index (χ1v) is 6.76. The van der Waals surface area contributed by atoms with E-state index in [1.165, 1.54) is 32.1 Å². The van der Waals surface area contributed by atoms with Crippen LogP contribution in [0.2, 0.25) is 0 Å². The third-order valence-electron chi connectivity index (χ3n) is 3.88. The Morgan fingerprint density at radius 1 is 1.12 bits per heavy atom. The van der Waals surface area contributed by atoms with E-state index in [0.29, 0.717) is 0 Å². The third-order valence-corrected chi connectivity index (χ3v) is 3.88. The zero-order valence-corrected chi connectivity index (χ0v) is 10.4. The van der Waals surface area contributed by atoms with Crippen LogP contribution in [0.1, 0.15) is 50.2 Å². The molecule has 0 spiro atoms. The molecule has 1 aromatic rings. The van der Waals surface area contributed by atoms with Gasteiger partial charge in [0, 0.05) is 6.04 Å². The van der Waals surface area contributed by atoms with Crippen LogP contribution in [-0.4, -0.2) is 11.1 Å². The van der Waals surface area contributed by atoms with Crippen LogP contribution in [0.4, 0.5) is 0 Å². The molecular weight excluding hydrogens is 210 g/mol. The maximum Gasteiger partial charge on any atom is 0.0940 e. The van der Waals surface area contributed by atoms with Gasteiger partial charge in [-0.15, -0.1) is 0 Å². The van der Waals surface area contributed by atoms with Crippen LogP contribution in [0.25, 0.3) is 0 Å². The number of hydrogen-bond acceptors (Lipinski definition) is 2. The number of nitrogens with two attached hydrogens (primary N) is 1. The lowest BCUT2D eigenvalue weighted by atomic mass is 9.83. The van der Waals surface area contributed by atoms with E-state index >= 15 is 0 Å². The lowest BCUT2D eigenvalue weighted by molar-refractivity contribution is 0.128. The molecule has 2 heteroatoms. The highest BCUT2D eigenvalue weighted by Gasteiger charge is 2.22. The molecule has 0 aromatic heterocycles. The molecule has 2 rings (SSSR count). The standard InChI is InChI=1S/C15H23NO/c16-14(11-12-7-3-1-4-8-12)15(17)13-9-5-2-6-10-13/h2,5-6,9-10,12,14-15,17H,1,3-4,7-8,11,16H2/t14-,15?/m0/s1. The lowest BCUT2D eigenvalue weighted by Crippen LogP contribution is -2.31. The van der Waals surface area contributed by atoms with Crippen molar-refractivity contribution >= 4 is 0 Å². The molecule has 2 atom stereocenters. The van der Waals surface area contributed by atoms with Gasteiger partial charge in [0.1, 0.15) is 0 Å². The topological polar surface area (TPSA) is 46.2 Å². The second-order valence-electron chi connectivity index (χ2n) is 5.26. The molecule has 0 aliphatic heterocycles. The lowest BCUT2D eigenvalue weighted by Gasteiger charge is -2.27. The van der Waals surface area contributed by atoms with Crippen LogP contribution < -0.4 is 5.73 Å². The van der Waals surface area contributed by atoms with Crippen molar-refractivity contribution in [1.82, 2.24) is 0 Å². The van der Waals surface area contributed by atoms with Crippen molar-refractivity contribution in [1.29, 1.82) is 0 Å². The van der Waals surface area contributed by atoms with E-state index in [1.54, 1.807) is 0 Å². The van der Waals surface area contributed by atoms with E-state index in [-0.39, 0.29) is 6.04 Å². The van der Waals surface area contributed by atoms with Crippen molar-refractivity contribution in [2.45, 2.75) is 50.7 Å². The van der Waals surface area contributed by atoms with Gasteiger partial charge in [-0.1, -0.05) is 62.4 Å². The van der Waals surface area contributed by atoms with Crippen LogP contribution in [0, 0.1) is 5.92 Å². The molecular formula is C15H23NO. The van der Waals surface area contributed by atoms with Crippen molar-refractivity contribution < 1.29 is 5.11 Å². The largest absolute Gasteiger partial charge is 0.387 e. The van der Waals surface area contributed by atoms with E-state index in [2.05, 4.69) is 0 Å². The highest BCUT2D eigenvalue weighted by Crippen LogP contribution is 2.29. The molecule has 1 saturated carbocycles. The fourth-order valence-electron chi connectivity index (χ4n) is 2.83. The summed E-state index contributed by atoms with van der Waals surface area (Å²) in [4.78, 5) is 0. The van der Waals surface area contributed by atoms with Gasteiger partial charge in [-0.25, -0.2) is 0 Å². The van der Waals surface area contributed by atoms with E-state index in [0.717, 1.165) is 17.9 Å². The fourth-order valence-corrected chi connectivity index (χ4v) is 2.83. The van der Waals surface area contributed by atoms with Gasteiger partial charge in [-0.05, 0) is 17.9 Å². The zero-order valence-electron chi connectivity index (χ0n) is 10.4. The first kappa shape index (κ1) is 12.6. The summed E-state index contributed by atoms with van der Waals surface area (Å²) < 4.78 is 0. The molecule has 94 valence electrons. The van der Waals surface area contributed by atoms with Crippen molar-refractivity contribution in [3.63, 3.8) is 0 Å². The van der Waals surface area contributed by atoms with E-state index < -0.39 is 6.10 Å². The molecule has 1 unspecified atom stereocenters. The Labute approximate surface area is 104 Å². The van der Waals surface area contributed by atoms with Gasteiger partial charge < -0.3 is 10.8 Å². The molecule has 3 N–H and O–H groups in total. The van der Waals surface area contributed by atoms with Crippen molar-refractivity contribution in [2.24, 2.45) is 11.7 Å². The van der Waals surface area contributed by atoms with E-state index in [4.69, 9.17) is 5.73 Å². The Bertz CT molecular complexity index is 319. The van der Waals surface area contributed by atoms with Crippen LogP contribution in [0.5, 0.6) is 0 Å². The normalized spacial score (nSPS) is 21.1. The first-order chi connectivity index (χ1) is 8.27. The number of benzene rings is 1. The zero-order chi connectivity index (χ0) is 12.1. The van der Waals surface area contributed by atoms with Gasteiger partial charge in [0.25, 0.3) is 0 Å². The van der Waals surface area contributed by atoms with Crippen LogP contribution >= 0.6 is 0 Å². The molecule has 0 bridgehead atoms. The summed E-state index contributed by atoms with van der Waals surface area (Å²) in [5.41, 5.74) is 7.07. The maximum absolute atomic E-state index is 10.2. The highest BCUT2D eigenvalue weighted by atomic mass is 16.3. The smallest absolute Gasteiger partial charge is 0.0940 e. The fraction of sp³-hybridized carbons (Fsp3) is 0.600. The monoisotopic (exact) mass is 233 g/mol. The molecule has 0 amide bonds. The quantitative estimate of drug-likeness (QED) is 0.839. The minimum absolute atomic E-state index is 0.125. The van der Waals surface area contributed by atoms with Gasteiger partial charge in [0.2, 0.25) is 0 Å². The average molecular weight is 233 g/mol. The summed E-state index contributed by atoms with van der Waals surface area (Å²) in [6.45, 7) is 0. The Kier molecular flexibility index (Phi) is 4.57. The Morgan fingerprint density at radius 2 is 1.76 bits per heavy atom. The summed E-state index contributed by atoms with van der Waals surface area (Å²) in [5.74, 6) is 0.720. The Balaban J connectivity index is 1.88. The SMILES string of the molecule is N[C@@H](CC1CCCCC1)C(O)c1ccccc1. The van der Waals surface area contributed by atoms with Crippen LogP contribution in [0.3, 0.4) is 0 Å². The van der Waals surface area contributed by atoms with Gasteiger partial charge in [-0.3, -0.25) is 0 Å². The number of rotatable bonds is 4. The molecule has 1 aliphatic carbocycles.